The van der Waals surface area contributed by atoms with E-state index in [2.05, 4.69) is 23.3 Å². The van der Waals surface area contributed by atoms with Crippen LogP contribution >= 0.6 is 11.6 Å². The Kier molecular flexibility index (Phi) is 3.90. The second-order valence-electron chi connectivity index (χ2n) is 6.00. The first-order chi connectivity index (χ1) is 11.7. The van der Waals surface area contributed by atoms with Gasteiger partial charge in [-0.15, -0.1) is 0 Å². The molecule has 24 heavy (non-hydrogen) atoms. The number of nitrogens with one attached hydrogen (secondary N) is 1. The normalized spacial score (nSPS) is 19.0. The lowest BCUT2D eigenvalue weighted by Crippen LogP contribution is -2.37. The van der Waals surface area contributed by atoms with Gasteiger partial charge in [-0.1, -0.05) is 11.6 Å². The fourth-order valence-electron chi connectivity index (χ4n) is 3.32. The number of anilines is 1. The van der Waals surface area contributed by atoms with E-state index in [9.17, 15) is 0 Å². The molecule has 1 unspecified atom stereocenters. The van der Waals surface area contributed by atoms with Gasteiger partial charge < -0.3 is 19.5 Å². The molecule has 2 aliphatic rings. The largest absolute Gasteiger partial charge is 0.492 e. The molecule has 5 nitrogen and oxygen atoms in total. The third-order valence-corrected chi connectivity index (χ3v) is 4.80. The lowest BCUT2D eigenvalue weighted by atomic mass is 9.94. The quantitative estimate of drug-likeness (QED) is 0.918. The number of hydrogen-bond donors (Lipinski definition) is 1. The van der Waals surface area contributed by atoms with Crippen molar-refractivity contribution in [1.82, 2.24) is 4.90 Å². The summed E-state index contributed by atoms with van der Waals surface area (Å²) in [6, 6.07) is 9.78. The predicted octanol–water partition coefficient (Wildman–Crippen LogP) is 3.68. The molecule has 0 amide bonds. The topological polar surface area (TPSA) is 43.0 Å². The minimum atomic E-state index is -0.0145. The summed E-state index contributed by atoms with van der Waals surface area (Å²) in [6.45, 7) is 1.18. The first kappa shape index (κ1) is 15.4. The van der Waals surface area contributed by atoms with E-state index < -0.39 is 0 Å². The van der Waals surface area contributed by atoms with E-state index in [-0.39, 0.29) is 13.0 Å². The predicted molar refractivity (Wildman–Crippen MR) is 93.3 cm³/mol. The molecule has 126 valence electrons. The van der Waals surface area contributed by atoms with E-state index in [1.807, 2.05) is 24.3 Å². The number of ether oxygens (including phenoxy) is 3. The summed E-state index contributed by atoms with van der Waals surface area (Å²) in [5, 5.41) is 4.29. The van der Waals surface area contributed by atoms with Crippen molar-refractivity contribution < 1.29 is 14.2 Å². The molecule has 1 N–H and O–H groups in total. The van der Waals surface area contributed by atoms with E-state index in [4.69, 9.17) is 25.8 Å². The molecule has 0 saturated carbocycles. The van der Waals surface area contributed by atoms with Crippen LogP contribution in [0.25, 0.3) is 0 Å². The molecule has 0 radical (unpaired) electrons. The van der Waals surface area contributed by atoms with Gasteiger partial charge in [-0.3, -0.25) is 4.90 Å². The Hall–Kier alpha value is -2.11. The lowest BCUT2D eigenvalue weighted by Gasteiger charge is -2.36. The monoisotopic (exact) mass is 346 g/mol. The standard InChI is InChI=1S/C18H19ClN2O3/c1-21-8-7-11-9-14-16(24-10-23-14)17(22-2)15(11)18(21)20-13-5-3-12(19)4-6-13/h3-6,9,18,20H,7-8,10H2,1-2H3. The Morgan fingerprint density at radius 2 is 2.04 bits per heavy atom. The highest BCUT2D eigenvalue weighted by atomic mass is 35.5. The van der Waals surface area contributed by atoms with Gasteiger partial charge in [0.1, 0.15) is 6.17 Å². The summed E-state index contributed by atoms with van der Waals surface area (Å²) >= 11 is 5.99. The highest BCUT2D eigenvalue weighted by Crippen LogP contribution is 2.49. The molecular weight excluding hydrogens is 328 g/mol. The molecule has 0 bridgehead atoms. The fourth-order valence-corrected chi connectivity index (χ4v) is 3.45. The number of nitrogens with zero attached hydrogens (tertiary/aromatic N) is 1. The molecule has 1 atom stereocenters. The highest BCUT2D eigenvalue weighted by Gasteiger charge is 2.33. The molecule has 2 heterocycles. The summed E-state index contributed by atoms with van der Waals surface area (Å²) in [5.41, 5.74) is 3.33. The van der Waals surface area contributed by atoms with Crippen molar-refractivity contribution in [3.8, 4) is 17.2 Å². The van der Waals surface area contributed by atoms with Crippen LogP contribution in [0.5, 0.6) is 17.2 Å². The molecule has 0 aliphatic carbocycles. The maximum absolute atomic E-state index is 5.99. The molecule has 0 saturated heterocycles. The van der Waals surface area contributed by atoms with Crippen molar-refractivity contribution in [3.63, 3.8) is 0 Å². The molecule has 0 fully saturated rings. The van der Waals surface area contributed by atoms with Crippen molar-refractivity contribution in [2.45, 2.75) is 12.6 Å². The van der Waals surface area contributed by atoms with Crippen LogP contribution in [0.2, 0.25) is 5.02 Å². The van der Waals surface area contributed by atoms with Crippen LogP contribution in [0.4, 0.5) is 5.69 Å². The van der Waals surface area contributed by atoms with Crippen LogP contribution in [0, 0.1) is 0 Å². The minimum absolute atomic E-state index is 0.0145. The average Bonchev–Trinajstić information content (AvgIpc) is 3.05. The van der Waals surface area contributed by atoms with Crippen molar-refractivity contribution in [2.24, 2.45) is 0 Å². The van der Waals surface area contributed by atoms with Gasteiger partial charge >= 0.3 is 0 Å². The van der Waals surface area contributed by atoms with E-state index in [0.29, 0.717) is 5.75 Å². The second kappa shape index (κ2) is 6.07. The molecule has 6 heteroatoms. The van der Waals surface area contributed by atoms with E-state index >= 15 is 0 Å². The Bertz CT molecular complexity index is 764. The van der Waals surface area contributed by atoms with Gasteiger partial charge in [-0.25, -0.2) is 0 Å². The van der Waals surface area contributed by atoms with Gasteiger partial charge in [-0.05, 0) is 49.4 Å². The van der Waals surface area contributed by atoms with Crippen LogP contribution in [-0.2, 0) is 6.42 Å². The molecule has 2 aliphatic heterocycles. The zero-order valence-electron chi connectivity index (χ0n) is 13.6. The third-order valence-electron chi connectivity index (χ3n) is 4.54. The third kappa shape index (κ3) is 2.54. The maximum Gasteiger partial charge on any atom is 0.231 e. The molecule has 0 spiro atoms. The Morgan fingerprint density at radius 1 is 1.25 bits per heavy atom. The van der Waals surface area contributed by atoms with Gasteiger partial charge in [0.15, 0.2) is 11.5 Å². The molecule has 4 rings (SSSR count). The van der Waals surface area contributed by atoms with Gasteiger partial charge in [-0.2, -0.15) is 0 Å². The van der Waals surface area contributed by atoms with Gasteiger partial charge in [0.2, 0.25) is 12.5 Å². The minimum Gasteiger partial charge on any atom is -0.492 e. The van der Waals surface area contributed by atoms with Crippen LogP contribution in [0.1, 0.15) is 17.3 Å². The number of likely N-dealkylation sites (N-methyl/N-ethyl adjacent to an activating group) is 1. The van der Waals surface area contributed by atoms with Gasteiger partial charge in [0.25, 0.3) is 0 Å². The first-order valence-electron chi connectivity index (χ1n) is 7.89. The zero-order valence-corrected chi connectivity index (χ0v) is 14.4. The van der Waals surface area contributed by atoms with Crippen molar-refractivity contribution in [1.29, 1.82) is 0 Å². The van der Waals surface area contributed by atoms with Crippen molar-refractivity contribution in [2.75, 3.05) is 32.8 Å². The number of benzene rings is 2. The molecular formula is C18H19ClN2O3. The average molecular weight is 347 g/mol. The molecule has 0 aromatic heterocycles. The fraction of sp³-hybridized carbons (Fsp3) is 0.333. The number of rotatable bonds is 3. The molecule has 2 aromatic rings. The number of halogens is 1. The lowest BCUT2D eigenvalue weighted by molar-refractivity contribution is 0.170. The first-order valence-corrected chi connectivity index (χ1v) is 8.27. The summed E-state index contributed by atoms with van der Waals surface area (Å²) in [6.07, 6.45) is 0.928. The zero-order chi connectivity index (χ0) is 16.7. The number of methoxy groups -OCH3 is 1. The SMILES string of the molecule is COc1c2c(cc3c1C(Nc1ccc(Cl)cc1)N(C)CC3)OCO2. The van der Waals surface area contributed by atoms with E-state index in [1.54, 1.807) is 7.11 Å². The summed E-state index contributed by atoms with van der Waals surface area (Å²) in [7, 11) is 3.77. The van der Waals surface area contributed by atoms with Gasteiger partial charge in [0.05, 0.1) is 7.11 Å². The van der Waals surface area contributed by atoms with Crippen LogP contribution in [-0.4, -0.2) is 32.4 Å². The second-order valence-corrected chi connectivity index (χ2v) is 6.44. The van der Waals surface area contributed by atoms with E-state index in [1.165, 1.54) is 5.56 Å². The Labute approximate surface area is 146 Å². The van der Waals surface area contributed by atoms with Crippen molar-refractivity contribution in [3.05, 3.63) is 46.5 Å². The summed E-state index contributed by atoms with van der Waals surface area (Å²) < 4.78 is 16.9. The van der Waals surface area contributed by atoms with Crippen LogP contribution < -0.4 is 19.5 Å². The summed E-state index contributed by atoms with van der Waals surface area (Å²) in [5.74, 6) is 2.20. The smallest absolute Gasteiger partial charge is 0.231 e. The van der Waals surface area contributed by atoms with Crippen LogP contribution in [0.15, 0.2) is 30.3 Å². The van der Waals surface area contributed by atoms with Gasteiger partial charge in [0, 0.05) is 22.8 Å². The Balaban J connectivity index is 1.78. The maximum atomic E-state index is 5.99. The number of hydrogen-bond acceptors (Lipinski definition) is 5. The number of fused-ring (bicyclic) bond motifs is 2. The van der Waals surface area contributed by atoms with E-state index in [0.717, 1.165) is 40.7 Å². The summed E-state index contributed by atoms with van der Waals surface area (Å²) in [4.78, 5) is 2.27. The van der Waals surface area contributed by atoms with Crippen molar-refractivity contribution >= 4 is 17.3 Å². The molecule has 2 aromatic carbocycles. The Morgan fingerprint density at radius 3 is 2.79 bits per heavy atom. The van der Waals surface area contributed by atoms with Crippen LogP contribution in [0.3, 0.4) is 0 Å². The highest BCUT2D eigenvalue weighted by molar-refractivity contribution is 6.30.